The molecule has 0 spiro atoms. The lowest BCUT2D eigenvalue weighted by Gasteiger charge is -2.10. The lowest BCUT2D eigenvalue weighted by atomic mass is 10.1. The number of hydrogen-bond acceptors (Lipinski definition) is 5. The Bertz CT molecular complexity index is 949. The van der Waals surface area contributed by atoms with E-state index in [0.29, 0.717) is 24.7 Å². The topological polar surface area (TPSA) is 82.2 Å². The van der Waals surface area contributed by atoms with Gasteiger partial charge < -0.3 is 14.5 Å². The van der Waals surface area contributed by atoms with Gasteiger partial charge in [-0.25, -0.2) is 9.67 Å². The molecule has 3 aromatic rings. The van der Waals surface area contributed by atoms with Gasteiger partial charge in [-0.2, -0.15) is 13.9 Å². The summed E-state index contributed by atoms with van der Waals surface area (Å²) in [5.74, 6) is 0.309. The number of alkyl halides is 2. The van der Waals surface area contributed by atoms with Crippen LogP contribution in [0.15, 0.2) is 22.7 Å². The van der Waals surface area contributed by atoms with E-state index in [4.69, 9.17) is 4.42 Å². The summed E-state index contributed by atoms with van der Waals surface area (Å²) >= 11 is 0. The molecule has 0 radical (unpaired) electrons. The van der Waals surface area contributed by atoms with Crippen molar-refractivity contribution in [2.45, 2.75) is 40.3 Å². The Hall–Kier alpha value is -2.97. The van der Waals surface area contributed by atoms with Crippen molar-refractivity contribution >= 4 is 22.8 Å². The minimum absolute atomic E-state index is 0.0931. The van der Waals surface area contributed by atoms with Crippen LogP contribution in [-0.4, -0.2) is 27.3 Å². The SMILES string of the molecule is CCc1nc2c(OC(F)F)ccc(C(=O)Nc3c(C)cnn3CC)c2o1. The van der Waals surface area contributed by atoms with Crippen molar-refractivity contribution in [1.82, 2.24) is 14.8 Å². The predicted molar refractivity (Wildman–Crippen MR) is 90.6 cm³/mol. The summed E-state index contributed by atoms with van der Waals surface area (Å²) in [6.45, 7) is 3.12. The maximum atomic E-state index is 12.7. The van der Waals surface area contributed by atoms with Crippen molar-refractivity contribution in [3.63, 3.8) is 0 Å². The van der Waals surface area contributed by atoms with Crippen LogP contribution in [0.1, 0.15) is 35.7 Å². The number of nitrogens with zero attached hydrogens (tertiary/aromatic N) is 3. The van der Waals surface area contributed by atoms with Gasteiger partial charge >= 0.3 is 6.61 Å². The van der Waals surface area contributed by atoms with Crippen molar-refractivity contribution in [2.24, 2.45) is 0 Å². The van der Waals surface area contributed by atoms with Gasteiger partial charge in [-0.15, -0.1) is 0 Å². The summed E-state index contributed by atoms with van der Waals surface area (Å²) in [7, 11) is 0. The molecule has 1 amide bonds. The minimum atomic E-state index is -3.00. The molecule has 0 fully saturated rings. The highest BCUT2D eigenvalue weighted by molar-refractivity contribution is 6.11. The molecule has 26 heavy (non-hydrogen) atoms. The van der Waals surface area contributed by atoms with Gasteiger partial charge in [0.05, 0.1) is 11.8 Å². The second-order valence-corrected chi connectivity index (χ2v) is 5.57. The van der Waals surface area contributed by atoms with Crippen LogP contribution in [0.2, 0.25) is 0 Å². The number of nitrogens with one attached hydrogen (secondary N) is 1. The Balaban J connectivity index is 2.03. The number of hydrogen-bond donors (Lipinski definition) is 1. The van der Waals surface area contributed by atoms with Crippen LogP contribution < -0.4 is 10.1 Å². The second-order valence-electron chi connectivity index (χ2n) is 5.57. The standard InChI is InChI=1S/C17H18F2N4O3/c1-4-12-21-13-11(25-17(18)19)7-6-10(14(13)26-12)16(24)22-15-9(3)8-20-23(15)5-2/h6-8,17H,4-5H2,1-3H3,(H,22,24). The molecule has 2 aromatic heterocycles. The first-order valence-electron chi connectivity index (χ1n) is 8.15. The predicted octanol–water partition coefficient (Wildman–Crippen LogP) is 3.77. The van der Waals surface area contributed by atoms with E-state index in [-0.39, 0.29) is 22.4 Å². The molecule has 3 rings (SSSR count). The molecule has 2 heterocycles. The van der Waals surface area contributed by atoms with Gasteiger partial charge in [0.25, 0.3) is 5.91 Å². The summed E-state index contributed by atoms with van der Waals surface area (Å²) in [5.41, 5.74) is 1.19. The number of ether oxygens (including phenoxy) is 1. The number of oxazole rings is 1. The van der Waals surface area contributed by atoms with E-state index in [2.05, 4.69) is 20.1 Å². The number of anilines is 1. The Morgan fingerprint density at radius 2 is 2.15 bits per heavy atom. The van der Waals surface area contributed by atoms with Crippen molar-refractivity contribution < 1.29 is 22.7 Å². The Morgan fingerprint density at radius 3 is 2.81 bits per heavy atom. The molecular weight excluding hydrogens is 346 g/mol. The van der Waals surface area contributed by atoms with Crippen LogP contribution >= 0.6 is 0 Å². The fraction of sp³-hybridized carbons (Fsp3) is 0.353. The number of benzene rings is 1. The molecule has 1 aromatic carbocycles. The monoisotopic (exact) mass is 364 g/mol. The van der Waals surface area contributed by atoms with Gasteiger partial charge in [0.1, 0.15) is 5.82 Å². The Labute approximate surface area is 148 Å². The molecule has 1 N–H and O–H groups in total. The maximum absolute atomic E-state index is 12.7. The number of halogens is 2. The van der Waals surface area contributed by atoms with Crippen molar-refractivity contribution in [3.05, 3.63) is 35.3 Å². The largest absolute Gasteiger partial charge is 0.440 e. The molecule has 0 saturated carbocycles. The van der Waals surface area contributed by atoms with E-state index in [9.17, 15) is 13.6 Å². The molecule has 0 unspecified atom stereocenters. The zero-order valence-corrected chi connectivity index (χ0v) is 14.5. The average Bonchev–Trinajstić information content (AvgIpc) is 3.19. The fourth-order valence-electron chi connectivity index (χ4n) is 2.61. The van der Waals surface area contributed by atoms with Gasteiger partial charge in [0.15, 0.2) is 22.7 Å². The third-order valence-corrected chi connectivity index (χ3v) is 3.87. The Kier molecular flexibility index (Phi) is 4.88. The number of aromatic nitrogens is 3. The summed E-state index contributed by atoms with van der Waals surface area (Å²) in [5, 5.41) is 6.96. The number of carbonyl (C=O) groups is 1. The molecule has 0 saturated heterocycles. The van der Waals surface area contributed by atoms with Crippen LogP contribution in [-0.2, 0) is 13.0 Å². The molecule has 0 atom stereocenters. The van der Waals surface area contributed by atoms with E-state index in [1.54, 1.807) is 17.8 Å². The van der Waals surface area contributed by atoms with Gasteiger partial charge in [0.2, 0.25) is 0 Å². The van der Waals surface area contributed by atoms with Crippen LogP contribution in [0, 0.1) is 6.92 Å². The van der Waals surface area contributed by atoms with Gasteiger partial charge in [-0.05, 0) is 26.0 Å². The molecule has 0 aliphatic heterocycles. The highest BCUT2D eigenvalue weighted by Gasteiger charge is 2.22. The van der Waals surface area contributed by atoms with Gasteiger partial charge in [0, 0.05) is 18.5 Å². The number of rotatable bonds is 6. The van der Waals surface area contributed by atoms with Crippen LogP contribution in [0.3, 0.4) is 0 Å². The summed E-state index contributed by atoms with van der Waals surface area (Å²) < 4.78 is 36.9. The summed E-state index contributed by atoms with van der Waals surface area (Å²) in [6, 6.07) is 2.66. The van der Waals surface area contributed by atoms with E-state index in [0.717, 1.165) is 5.56 Å². The third kappa shape index (κ3) is 3.24. The van der Waals surface area contributed by atoms with Crippen molar-refractivity contribution in [2.75, 3.05) is 5.32 Å². The first kappa shape index (κ1) is 17.8. The number of aryl methyl sites for hydroxylation is 3. The van der Waals surface area contributed by atoms with Crippen LogP contribution in [0.5, 0.6) is 5.75 Å². The highest BCUT2D eigenvalue weighted by Crippen LogP contribution is 2.31. The van der Waals surface area contributed by atoms with E-state index in [1.807, 2.05) is 13.8 Å². The van der Waals surface area contributed by atoms with Crippen molar-refractivity contribution in [3.8, 4) is 5.75 Å². The smallest absolute Gasteiger partial charge is 0.387 e. The van der Waals surface area contributed by atoms with E-state index in [1.165, 1.54) is 12.1 Å². The lowest BCUT2D eigenvalue weighted by molar-refractivity contribution is -0.0489. The number of carbonyl (C=O) groups excluding carboxylic acids is 1. The number of fused-ring (bicyclic) bond motifs is 1. The third-order valence-electron chi connectivity index (χ3n) is 3.87. The second kappa shape index (κ2) is 7.11. The van der Waals surface area contributed by atoms with E-state index >= 15 is 0 Å². The van der Waals surface area contributed by atoms with Gasteiger partial charge in [-0.1, -0.05) is 6.92 Å². The Morgan fingerprint density at radius 1 is 1.38 bits per heavy atom. The zero-order chi connectivity index (χ0) is 18.8. The van der Waals surface area contributed by atoms with Crippen molar-refractivity contribution in [1.29, 1.82) is 0 Å². The maximum Gasteiger partial charge on any atom is 0.387 e. The number of amides is 1. The minimum Gasteiger partial charge on any atom is -0.440 e. The molecular formula is C17H18F2N4O3. The lowest BCUT2D eigenvalue weighted by Crippen LogP contribution is -2.16. The van der Waals surface area contributed by atoms with Gasteiger partial charge in [-0.3, -0.25) is 4.79 Å². The molecule has 0 aliphatic carbocycles. The molecule has 0 bridgehead atoms. The first-order chi connectivity index (χ1) is 12.4. The van der Waals surface area contributed by atoms with Crippen LogP contribution in [0.25, 0.3) is 11.1 Å². The zero-order valence-electron chi connectivity index (χ0n) is 14.5. The average molecular weight is 364 g/mol. The molecule has 138 valence electrons. The summed E-state index contributed by atoms with van der Waals surface area (Å²) in [6.07, 6.45) is 2.10. The van der Waals surface area contributed by atoms with E-state index < -0.39 is 12.5 Å². The quantitative estimate of drug-likeness (QED) is 0.720. The highest BCUT2D eigenvalue weighted by atomic mass is 19.3. The molecule has 7 nitrogen and oxygen atoms in total. The molecule has 9 heteroatoms. The molecule has 0 aliphatic rings. The fourth-order valence-corrected chi connectivity index (χ4v) is 2.61. The first-order valence-corrected chi connectivity index (χ1v) is 8.15. The van der Waals surface area contributed by atoms with Crippen LogP contribution in [0.4, 0.5) is 14.6 Å². The summed E-state index contributed by atoms with van der Waals surface area (Å²) in [4.78, 5) is 16.9. The normalized spacial score (nSPS) is 11.3.